The van der Waals surface area contributed by atoms with Crippen LogP contribution in [-0.2, 0) is 17.1 Å². The average molecular weight is 295 g/mol. The third-order valence-electron chi connectivity index (χ3n) is 2.70. The second kappa shape index (κ2) is 5.74. The Kier molecular flexibility index (Phi) is 4.22. The van der Waals surface area contributed by atoms with E-state index >= 15 is 0 Å². The van der Waals surface area contributed by atoms with Crippen LogP contribution >= 0.6 is 0 Å². The van der Waals surface area contributed by atoms with Gasteiger partial charge < -0.3 is 5.11 Å². The smallest absolute Gasteiger partial charge is 0.244 e. The Morgan fingerprint density at radius 2 is 2.00 bits per heavy atom. The summed E-state index contributed by atoms with van der Waals surface area (Å²) in [5.41, 5.74) is 1.12. The lowest BCUT2D eigenvalue weighted by molar-refractivity contribution is 0.198. The first-order valence-corrected chi connectivity index (χ1v) is 7.65. The molecular formula is C13H17N3O3S. The van der Waals surface area contributed by atoms with Gasteiger partial charge in [0, 0.05) is 25.4 Å². The fourth-order valence-electron chi connectivity index (χ4n) is 1.77. The van der Waals surface area contributed by atoms with Crippen LogP contribution in [-0.4, -0.2) is 36.0 Å². The number of hydrogen-bond acceptors (Lipinski definition) is 4. The van der Waals surface area contributed by atoms with Gasteiger partial charge in [0.1, 0.15) is 10.6 Å². The molecule has 0 saturated carbocycles. The third kappa shape index (κ3) is 3.24. The van der Waals surface area contributed by atoms with Crippen LogP contribution in [0.25, 0.3) is 11.3 Å². The minimum atomic E-state index is -3.71. The van der Waals surface area contributed by atoms with E-state index in [1.54, 1.807) is 19.2 Å². The first-order valence-electron chi connectivity index (χ1n) is 6.17. The summed E-state index contributed by atoms with van der Waals surface area (Å²) < 4.78 is 28.4. The van der Waals surface area contributed by atoms with Gasteiger partial charge in [-0.2, -0.15) is 5.10 Å². The van der Waals surface area contributed by atoms with Gasteiger partial charge in [0.15, 0.2) is 0 Å². The largest absolute Gasteiger partial charge is 0.392 e. The molecule has 2 N–H and O–H groups in total. The first-order chi connectivity index (χ1) is 9.40. The molecule has 1 heterocycles. The zero-order valence-corrected chi connectivity index (χ0v) is 12.1. The van der Waals surface area contributed by atoms with Crippen molar-refractivity contribution in [3.8, 4) is 11.3 Å². The molecule has 0 radical (unpaired) electrons. The maximum Gasteiger partial charge on any atom is 0.244 e. The highest BCUT2D eigenvalue weighted by molar-refractivity contribution is 7.89. The molecule has 1 aromatic heterocycles. The lowest BCUT2D eigenvalue weighted by Crippen LogP contribution is -2.30. The molecule has 0 saturated heterocycles. The Balaban J connectivity index is 2.43. The highest BCUT2D eigenvalue weighted by atomic mass is 32.2. The van der Waals surface area contributed by atoms with Crippen molar-refractivity contribution in [2.45, 2.75) is 17.9 Å². The molecule has 0 aliphatic carbocycles. The van der Waals surface area contributed by atoms with Gasteiger partial charge in [-0.25, -0.2) is 13.1 Å². The van der Waals surface area contributed by atoms with Gasteiger partial charge >= 0.3 is 0 Å². The third-order valence-corrected chi connectivity index (χ3v) is 4.13. The summed E-state index contributed by atoms with van der Waals surface area (Å²) in [7, 11) is -2.04. The molecule has 0 amide bonds. The normalized spacial score (nSPS) is 13.3. The second-order valence-electron chi connectivity index (χ2n) is 4.58. The minimum absolute atomic E-state index is 0.0363. The van der Waals surface area contributed by atoms with Crippen molar-refractivity contribution in [2.75, 3.05) is 6.54 Å². The number of benzene rings is 1. The monoisotopic (exact) mass is 295 g/mol. The molecule has 1 aromatic carbocycles. The maximum absolute atomic E-state index is 12.3. The van der Waals surface area contributed by atoms with Gasteiger partial charge in [-0.05, 0) is 6.92 Å². The molecular weight excluding hydrogens is 278 g/mol. The van der Waals surface area contributed by atoms with Crippen molar-refractivity contribution in [3.63, 3.8) is 0 Å². The van der Waals surface area contributed by atoms with E-state index in [1.807, 2.05) is 18.2 Å². The minimum Gasteiger partial charge on any atom is -0.392 e. The molecule has 2 rings (SSSR count). The van der Waals surface area contributed by atoms with E-state index in [9.17, 15) is 13.5 Å². The van der Waals surface area contributed by atoms with Gasteiger partial charge in [0.2, 0.25) is 10.0 Å². The lowest BCUT2D eigenvalue weighted by atomic mass is 10.2. The molecule has 1 unspecified atom stereocenters. The molecule has 7 heteroatoms. The van der Waals surface area contributed by atoms with Gasteiger partial charge in [-0.15, -0.1) is 0 Å². The molecule has 0 spiro atoms. The Morgan fingerprint density at radius 1 is 1.35 bits per heavy atom. The van der Waals surface area contributed by atoms with Crippen molar-refractivity contribution in [1.29, 1.82) is 0 Å². The van der Waals surface area contributed by atoms with Crippen LogP contribution in [0.2, 0.25) is 0 Å². The Morgan fingerprint density at radius 3 is 2.60 bits per heavy atom. The number of nitrogens with one attached hydrogen (secondary N) is 1. The summed E-state index contributed by atoms with van der Waals surface area (Å²) >= 11 is 0. The molecule has 108 valence electrons. The van der Waals surface area contributed by atoms with Crippen molar-refractivity contribution in [1.82, 2.24) is 14.5 Å². The van der Waals surface area contributed by atoms with Crippen molar-refractivity contribution in [2.24, 2.45) is 7.05 Å². The van der Waals surface area contributed by atoms with E-state index in [4.69, 9.17) is 0 Å². The van der Waals surface area contributed by atoms with Crippen LogP contribution < -0.4 is 4.72 Å². The summed E-state index contributed by atoms with van der Waals surface area (Å²) in [5.74, 6) is 0. The predicted octanol–water partition coefficient (Wildman–Crippen LogP) is 0.746. The van der Waals surface area contributed by atoms with E-state index in [2.05, 4.69) is 9.82 Å². The van der Waals surface area contributed by atoms with Crippen molar-refractivity contribution >= 4 is 10.0 Å². The maximum atomic E-state index is 12.3. The average Bonchev–Trinajstić information content (AvgIpc) is 2.81. The Labute approximate surface area is 118 Å². The van der Waals surface area contributed by atoms with Crippen LogP contribution in [0.3, 0.4) is 0 Å². The fourth-order valence-corrected chi connectivity index (χ4v) is 3.09. The fraction of sp³-hybridized carbons (Fsp3) is 0.308. The number of nitrogens with zero attached hydrogens (tertiary/aromatic N) is 2. The molecule has 0 bridgehead atoms. The molecule has 0 fully saturated rings. The molecule has 20 heavy (non-hydrogen) atoms. The summed E-state index contributed by atoms with van der Waals surface area (Å²) in [4.78, 5) is 0.104. The number of aliphatic hydroxyl groups excluding tert-OH is 1. The number of aryl methyl sites for hydroxylation is 1. The van der Waals surface area contributed by atoms with Gasteiger partial charge in [0.05, 0.1) is 6.10 Å². The predicted molar refractivity (Wildman–Crippen MR) is 75.5 cm³/mol. The van der Waals surface area contributed by atoms with Crippen molar-refractivity contribution < 1.29 is 13.5 Å². The Hall–Kier alpha value is -1.70. The van der Waals surface area contributed by atoms with E-state index in [1.165, 1.54) is 17.8 Å². The Bertz CT molecular complexity index is 678. The highest BCUT2D eigenvalue weighted by Gasteiger charge is 2.23. The highest BCUT2D eigenvalue weighted by Crippen LogP contribution is 2.25. The summed E-state index contributed by atoms with van der Waals surface area (Å²) in [6, 6.07) is 9.10. The number of hydrogen-bond donors (Lipinski definition) is 2. The van der Waals surface area contributed by atoms with E-state index < -0.39 is 16.1 Å². The van der Waals surface area contributed by atoms with Crippen molar-refractivity contribution in [3.05, 3.63) is 36.5 Å². The lowest BCUT2D eigenvalue weighted by Gasteiger charge is -2.08. The standard InChI is InChI=1S/C13H17N3O3S/c1-10(17)8-14-20(18,19)12-9-16(2)15-13(12)11-6-4-3-5-7-11/h3-7,9-10,14,17H,8H2,1-2H3. The van der Waals surface area contributed by atoms with E-state index in [0.717, 1.165) is 5.56 Å². The van der Waals surface area contributed by atoms with Crippen LogP contribution in [0.15, 0.2) is 41.4 Å². The SMILES string of the molecule is CC(O)CNS(=O)(=O)c1cn(C)nc1-c1ccccc1. The second-order valence-corrected chi connectivity index (χ2v) is 6.32. The number of aromatic nitrogens is 2. The zero-order valence-electron chi connectivity index (χ0n) is 11.3. The first kappa shape index (κ1) is 14.7. The van der Waals surface area contributed by atoms with E-state index in [-0.39, 0.29) is 11.4 Å². The summed E-state index contributed by atoms with van der Waals surface area (Å²) in [5, 5.41) is 13.4. The zero-order chi connectivity index (χ0) is 14.8. The number of rotatable bonds is 5. The van der Waals surface area contributed by atoms with Crippen LogP contribution in [0.5, 0.6) is 0 Å². The van der Waals surface area contributed by atoms with Gasteiger partial charge in [0.25, 0.3) is 0 Å². The molecule has 2 aromatic rings. The van der Waals surface area contributed by atoms with Crippen LogP contribution in [0.4, 0.5) is 0 Å². The van der Waals surface area contributed by atoms with Crippen LogP contribution in [0, 0.1) is 0 Å². The van der Waals surface area contributed by atoms with Gasteiger partial charge in [-0.3, -0.25) is 4.68 Å². The summed E-state index contributed by atoms with van der Waals surface area (Å²) in [6.07, 6.45) is 0.703. The molecule has 1 atom stereocenters. The number of sulfonamides is 1. The number of aliphatic hydroxyl groups is 1. The van der Waals surface area contributed by atoms with Gasteiger partial charge in [-0.1, -0.05) is 30.3 Å². The van der Waals surface area contributed by atoms with E-state index in [0.29, 0.717) is 5.69 Å². The molecule has 0 aliphatic rings. The molecule has 0 aliphatic heterocycles. The van der Waals surface area contributed by atoms with Crippen LogP contribution in [0.1, 0.15) is 6.92 Å². The molecule has 6 nitrogen and oxygen atoms in total. The topological polar surface area (TPSA) is 84.2 Å². The summed E-state index contributed by atoms with van der Waals surface area (Å²) in [6.45, 7) is 1.48. The quantitative estimate of drug-likeness (QED) is 0.852.